The SMILES string of the molecule is Nc1ccc(CN2C(=O)c3ccccc3S2(=O)=O)c(Cl)c1. The lowest BCUT2D eigenvalue weighted by Crippen LogP contribution is -2.29. The van der Waals surface area contributed by atoms with Gasteiger partial charge in [0.15, 0.2) is 0 Å². The van der Waals surface area contributed by atoms with E-state index < -0.39 is 15.9 Å². The van der Waals surface area contributed by atoms with Gasteiger partial charge in [0.25, 0.3) is 15.9 Å². The third-order valence-electron chi connectivity index (χ3n) is 3.30. The summed E-state index contributed by atoms with van der Waals surface area (Å²) in [5.74, 6) is -0.543. The van der Waals surface area contributed by atoms with Crippen LogP contribution in [0.3, 0.4) is 0 Å². The molecule has 5 nitrogen and oxygen atoms in total. The van der Waals surface area contributed by atoms with Crippen molar-refractivity contribution in [3.8, 4) is 0 Å². The summed E-state index contributed by atoms with van der Waals surface area (Å²) in [5.41, 5.74) is 6.78. The molecule has 7 heteroatoms. The van der Waals surface area contributed by atoms with Crippen molar-refractivity contribution in [3.05, 3.63) is 58.6 Å². The quantitative estimate of drug-likeness (QED) is 0.860. The molecule has 1 heterocycles. The molecule has 0 aliphatic carbocycles. The Morgan fingerprint density at radius 3 is 2.52 bits per heavy atom. The number of carbonyl (C=O) groups excluding carboxylic acids is 1. The van der Waals surface area contributed by atoms with Crippen molar-refractivity contribution in [2.24, 2.45) is 0 Å². The molecule has 0 saturated carbocycles. The zero-order valence-electron chi connectivity index (χ0n) is 10.8. The van der Waals surface area contributed by atoms with E-state index in [9.17, 15) is 13.2 Å². The van der Waals surface area contributed by atoms with Gasteiger partial charge in [-0.1, -0.05) is 29.8 Å². The number of hydrogen-bond donors (Lipinski definition) is 1. The topological polar surface area (TPSA) is 80.5 Å². The van der Waals surface area contributed by atoms with Crippen LogP contribution in [-0.4, -0.2) is 18.6 Å². The number of sulfonamides is 1. The van der Waals surface area contributed by atoms with Crippen LogP contribution in [0.2, 0.25) is 5.02 Å². The first-order chi connectivity index (χ1) is 9.91. The van der Waals surface area contributed by atoms with Crippen molar-refractivity contribution < 1.29 is 13.2 Å². The fourth-order valence-electron chi connectivity index (χ4n) is 2.23. The highest BCUT2D eigenvalue weighted by Crippen LogP contribution is 2.32. The van der Waals surface area contributed by atoms with Gasteiger partial charge in [0, 0.05) is 10.7 Å². The fourth-order valence-corrected chi connectivity index (χ4v) is 4.03. The Balaban J connectivity index is 2.03. The van der Waals surface area contributed by atoms with E-state index in [0.717, 1.165) is 4.31 Å². The first kappa shape index (κ1) is 13.9. The number of carbonyl (C=O) groups is 1. The predicted octanol–water partition coefficient (Wildman–Crippen LogP) is 2.27. The molecule has 0 atom stereocenters. The number of rotatable bonds is 2. The maximum atomic E-state index is 12.4. The molecular formula is C14H11ClN2O3S. The van der Waals surface area contributed by atoms with E-state index in [1.54, 1.807) is 24.3 Å². The summed E-state index contributed by atoms with van der Waals surface area (Å²) in [4.78, 5) is 12.3. The number of amides is 1. The molecule has 1 amide bonds. The van der Waals surface area contributed by atoms with Gasteiger partial charge in [-0.05, 0) is 29.8 Å². The second kappa shape index (κ2) is 4.75. The molecule has 1 aliphatic rings. The maximum absolute atomic E-state index is 12.4. The summed E-state index contributed by atoms with van der Waals surface area (Å²) in [5, 5.41) is 0.328. The van der Waals surface area contributed by atoms with E-state index >= 15 is 0 Å². The lowest BCUT2D eigenvalue weighted by Gasteiger charge is -2.16. The molecule has 0 fully saturated rings. The van der Waals surface area contributed by atoms with E-state index in [1.807, 2.05) is 0 Å². The van der Waals surface area contributed by atoms with Gasteiger partial charge < -0.3 is 5.73 Å². The van der Waals surface area contributed by atoms with Gasteiger partial charge >= 0.3 is 0 Å². The number of hydrogen-bond acceptors (Lipinski definition) is 4. The minimum Gasteiger partial charge on any atom is -0.399 e. The Kier molecular flexibility index (Phi) is 3.15. The Morgan fingerprint density at radius 2 is 1.86 bits per heavy atom. The van der Waals surface area contributed by atoms with Crippen LogP contribution in [0.15, 0.2) is 47.4 Å². The first-order valence-electron chi connectivity index (χ1n) is 6.11. The predicted molar refractivity (Wildman–Crippen MR) is 79.4 cm³/mol. The number of nitrogen functional groups attached to an aromatic ring is 1. The number of nitrogens with zero attached hydrogens (tertiary/aromatic N) is 1. The molecule has 3 rings (SSSR count). The Morgan fingerprint density at radius 1 is 1.14 bits per heavy atom. The normalized spacial score (nSPS) is 16.0. The van der Waals surface area contributed by atoms with Gasteiger partial charge in [0.2, 0.25) is 0 Å². The van der Waals surface area contributed by atoms with Gasteiger partial charge in [0.05, 0.1) is 12.1 Å². The molecule has 0 saturated heterocycles. The number of fused-ring (bicyclic) bond motifs is 1. The molecular weight excluding hydrogens is 312 g/mol. The number of anilines is 1. The number of halogens is 1. The third-order valence-corrected chi connectivity index (χ3v) is 5.44. The summed E-state index contributed by atoms with van der Waals surface area (Å²) in [6.07, 6.45) is 0. The van der Waals surface area contributed by atoms with E-state index in [-0.39, 0.29) is 17.0 Å². The Bertz CT molecular complexity index is 849. The minimum atomic E-state index is -3.83. The van der Waals surface area contributed by atoms with E-state index in [2.05, 4.69) is 0 Å². The molecule has 0 spiro atoms. The van der Waals surface area contributed by atoms with Crippen LogP contribution >= 0.6 is 11.6 Å². The lowest BCUT2D eigenvalue weighted by molar-refractivity contribution is 0.0865. The molecule has 1 aliphatic heterocycles. The zero-order chi connectivity index (χ0) is 15.2. The van der Waals surface area contributed by atoms with Crippen LogP contribution in [0.25, 0.3) is 0 Å². The average Bonchev–Trinajstić information content (AvgIpc) is 2.63. The highest BCUT2D eigenvalue weighted by atomic mass is 35.5. The molecule has 21 heavy (non-hydrogen) atoms. The van der Waals surface area contributed by atoms with Crippen molar-refractivity contribution in [3.63, 3.8) is 0 Å². The molecule has 0 radical (unpaired) electrons. The summed E-state index contributed by atoms with van der Waals surface area (Å²) >= 11 is 6.05. The van der Waals surface area contributed by atoms with Gasteiger partial charge in [0.1, 0.15) is 4.90 Å². The van der Waals surface area contributed by atoms with Crippen LogP contribution in [-0.2, 0) is 16.6 Å². The van der Waals surface area contributed by atoms with Crippen LogP contribution in [0, 0.1) is 0 Å². The van der Waals surface area contributed by atoms with E-state index in [1.165, 1.54) is 18.2 Å². The Hall–Kier alpha value is -2.05. The van der Waals surface area contributed by atoms with E-state index in [0.29, 0.717) is 16.3 Å². The largest absolute Gasteiger partial charge is 0.399 e. The van der Waals surface area contributed by atoms with Crippen LogP contribution in [0.4, 0.5) is 5.69 Å². The number of nitrogens with two attached hydrogens (primary N) is 1. The van der Waals surface area contributed by atoms with Crippen LogP contribution in [0.1, 0.15) is 15.9 Å². The standard InChI is InChI=1S/C14H11ClN2O3S/c15-12-7-10(16)6-5-9(12)8-17-14(18)11-3-1-2-4-13(11)21(17,19)20/h1-7H,8,16H2. The number of benzene rings is 2. The molecule has 0 bridgehead atoms. The monoisotopic (exact) mass is 322 g/mol. The maximum Gasteiger partial charge on any atom is 0.269 e. The summed E-state index contributed by atoms with van der Waals surface area (Å²) in [6.45, 7) is -0.116. The van der Waals surface area contributed by atoms with Gasteiger partial charge in [-0.15, -0.1) is 0 Å². The fraction of sp³-hybridized carbons (Fsp3) is 0.0714. The smallest absolute Gasteiger partial charge is 0.269 e. The van der Waals surface area contributed by atoms with Crippen LogP contribution in [0.5, 0.6) is 0 Å². The van der Waals surface area contributed by atoms with Gasteiger partial charge in [-0.25, -0.2) is 12.7 Å². The third kappa shape index (κ3) is 2.16. The van der Waals surface area contributed by atoms with Crippen molar-refractivity contribution in [1.82, 2.24) is 4.31 Å². The first-order valence-corrected chi connectivity index (χ1v) is 7.93. The molecule has 0 unspecified atom stereocenters. The highest BCUT2D eigenvalue weighted by molar-refractivity contribution is 7.90. The Labute approximate surface area is 127 Å². The van der Waals surface area contributed by atoms with E-state index in [4.69, 9.17) is 17.3 Å². The van der Waals surface area contributed by atoms with Crippen LogP contribution < -0.4 is 5.73 Å². The summed E-state index contributed by atoms with van der Waals surface area (Å²) in [6, 6.07) is 10.9. The van der Waals surface area contributed by atoms with Gasteiger partial charge in [-0.2, -0.15) is 0 Å². The lowest BCUT2D eigenvalue weighted by atomic mass is 10.2. The van der Waals surface area contributed by atoms with Crippen molar-refractivity contribution >= 4 is 33.2 Å². The molecule has 0 aromatic heterocycles. The van der Waals surface area contributed by atoms with Crippen molar-refractivity contribution in [2.45, 2.75) is 11.4 Å². The molecule has 2 aromatic carbocycles. The van der Waals surface area contributed by atoms with Crippen molar-refractivity contribution in [2.75, 3.05) is 5.73 Å². The molecule has 2 N–H and O–H groups in total. The minimum absolute atomic E-state index is 0.0292. The second-order valence-electron chi connectivity index (χ2n) is 4.66. The zero-order valence-corrected chi connectivity index (χ0v) is 12.4. The summed E-state index contributed by atoms with van der Waals surface area (Å²) in [7, 11) is -3.83. The highest BCUT2D eigenvalue weighted by Gasteiger charge is 2.40. The summed E-state index contributed by atoms with van der Waals surface area (Å²) < 4.78 is 25.7. The molecule has 108 valence electrons. The molecule has 2 aromatic rings. The second-order valence-corrected chi connectivity index (χ2v) is 6.90. The van der Waals surface area contributed by atoms with Gasteiger partial charge in [-0.3, -0.25) is 4.79 Å². The average molecular weight is 323 g/mol. The van der Waals surface area contributed by atoms with Crippen molar-refractivity contribution in [1.29, 1.82) is 0 Å².